The number of carbonyl (C=O) groups is 2. The fourth-order valence-corrected chi connectivity index (χ4v) is 5.15. The third-order valence-electron chi connectivity index (χ3n) is 6.47. The van der Waals surface area contributed by atoms with Crippen molar-refractivity contribution in [2.24, 2.45) is 17.8 Å². The Hall–Kier alpha value is -1.95. The highest BCUT2D eigenvalue weighted by Crippen LogP contribution is 2.51. The van der Waals surface area contributed by atoms with Gasteiger partial charge in [0.1, 0.15) is 5.82 Å². The van der Waals surface area contributed by atoms with Gasteiger partial charge in [0.2, 0.25) is 5.91 Å². The summed E-state index contributed by atoms with van der Waals surface area (Å²) >= 11 is 0. The van der Waals surface area contributed by atoms with Gasteiger partial charge in [-0.1, -0.05) is 37.8 Å². The largest absolute Gasteiger partial charge is 0.377 e. The number of hydrogen-bond acceptors (Lipinski definition) is 3. The number of amides is 2. The molecule has 6 heteroatoms. The van der Waals surface area contributed by atoms with Gasteiger partial charge in [0.25, 0.3) is 5.91 Å². The lowest BCUT2D eigenvalue weighted by Gasteiger charge is -2.50. The van der Waals surface area contributed by atoms with E-state index in [4.69, 9.17) is 4.74 Å². The summed E-state index contributed by atoms with van der Waals surface area (Å²) in [6, 6.07) is 6.05. The lowest BCUT2D eigenvalue weighted by molar-refractivity contribution is -0.129. The summed E-state index contributed by atoms with van der Waals surface area (Å²) in [6.07, 6.45) is 6.57. The number of ether oxygens (including phenoxy) is 1. The average molecular weight is 374 g/mol. The Kier molecular flexibility index (Phi) is 5.43. The molecular weight excluding hydrogens is 347 g/mol. The van der Waals surface area contributed by atoms with Gasteiger partial charge >= 0.3 is 0 Å². The molecule has 1 aromatic rings. The first-order valence-corrected chi connectivity index (χ1v) is 10.1. The smallest absolute Gasteiger partial charge is 0.254 e. The van der Waals surface area contributed by atoms with Crippen LogP contribution in [0.1, 0.15) is 48.9 Å². The van der Waals surface area contributed by atoms with Gasteiger partial charge in [0.05, 0.1) is 11.7 Å². The molecule has 1 aromatic carbocycles. The Morgan fingerprint density at radius 3 is 2.70 bits per heavy atom. The number of benzene rings is 1. The summed E-state index contributed by atoms with van der Waals surface area (Å²) < 4.78 is 19.5. The molecule has 0 unspecified atom stereocenters. The Morgan fingerprint density at radius 1 is 1.15 bits per heavy atom. The molecular formula is C21H27FN2O3. The third kappa shape index (κ3) is 3.72. The number of carbonyl (C=O) groups excluding carboxylic acids is 2. The molecule has 2 aliphatic carbocycles. The van der Waals surface area contributed by atoms with Gasteiger partial charge in [-0.15, -0.1) is 0 Å². The van der Waals surface area contributed by atoms with E-state index in [2.05, 4.69) is 10.6 Å². The van der Waals surface area contributed by atoms with Gasteiger partial charge < -0.3 is 15.4 Å². The van der Waals surface area contributed by atoms with E-state index in [0.29, 0.717) is 23.9 Å². The first-order chi connectivity index (χ1) is 13.1. The lowest BCUT2D eigenvalue weighted by Crippen LogP contribution is -2.63. The van der Waals surface area contributed by atoms with E-state index in [1.807, 2.05) is 0 Å². The summed E-state index contributed by atoms with van der Waals surface area (Å²) in [5.74, 6) is 0.445. The molecule has 2 amide bonds. The van der Waals surface area contributed by atoms with Gasteiger partial charge in [-0.2, -0.15) is 0 Å². The van der Waals surface area contributed by atoms with E-state index in [-0.39, 0.29) is 30.5 Å². The second-order valence-electron chi connectivity index (χ2n) is 7.99. The standard InChI is InChI=1S/C21H27FN2O3/c22-16-8-4-3-7-14(16)21(26)23-11-9-17(25)24-19-15-10-12-27-20(15)18(19)13-5-1-2-6-13/h3-4,7-8,13,15,18-20H,1-2,5-6,9-12H2,(H,23,26)(H,24,25)/t15-,18+,19-,20-/m0/s1. The van der Waals surface area contributed by atoms with Crippen LogP contribution in [0.2, 0.25) is 0 Å². The van der Waals surface area contributed by atoms with Gasteiger partial charge in [-0.3, -0.25) is 9.59 Å². The molecule has 3 fully saturated rings. The Bertz CT molecular complexity index is 700. The second-order valence-corrected chi connectivity index (χ2v) is 7.99. The fraction of sp³-hybridized carbons (Fsp3) is 0.619. The van der Waals surface area contributed by atoms with Crippen LogP contribution < -0.4 is 10.6 Å². The van der Waals surface area contributed by atoms with Crippen molar-refractivity contribution in [2.45, 2.75) is 50.7 Å². The lowest BCUT2D eigenvalue weighted by atomic mass is 9.61. The normalized spacial score (nSPS) is 29.8. The highest BCUT2D eigenvalue weighted by Gasteiger charge is 2.56. The highest BCUT2D eigenvalue weighted by molar-refractivity contribution is 5.94. The minimum absolute atomic E-state index is 0.00384. The van der Waals surface area contributed by atoms with E-state index in [0.717, 1.165) is 13.0 Å². The van der Waals surface area contributed by atoms with Crippen LogP contribution in [0.25, 0.3) is 0 Å². The van der Waals surface area contributed by atoms with Gasteiger partial charge in [0.15, 0.2) is 0 Å². The van der Waals surface area contributed by atoms with Gasteiger partial charge in [-0.05, 0) is 24.5 Å². The summed E-state index contributed by atoms with van der Waals surface area (Å²) in [7, 11) is 0. The molecule has 4 rings (SSSR count). The van der Waals surface area contributed by atoms with Crippen LogP contribution in [0.15, 0.2) is 24.3 Å². The predicted molar refractivity (Wildman–Crippen MR) is 98.6 cm³/mol. The molecule has 1 aliphatic heterocycles. The molecule has 0 radical (unpaired) electrons. The Labute approximate surface area is 159 Å². The van der Waals surface area contributed by atoms with Gasteiger partial charge in [-0.25, -0.2) is 4.39 Å². The number of nitrogens with one attached hydrogen (secondary N) is 2. The number of halogens is 1. The van der Waals surface area contributed by atoms with Crippen LogP contribution in [0.4, 0.5) is 4.39 Å². The van der Waals surface area contributed by atoms with Crippen LogP contribution in [0.5, 0.6) is 0 Å². The molecule has 146 valence electrons. The van der Waals surface area contributed by atoms with Crippen LogP contribution in [0.3, 0.4) is 0 Å². The molecule has 2 N–H and O–H groups in total. The summed E-state index contributed by atoms with van der Waals surface area (Å²) in [4.78, 5) is 24.4. The Balaban J connectivity index is 1.26. The van der Waals surface area contributed by atoms with E-state index in [1.54, 1.807) is 12.1 Å². The van der Waals surface area contributed by atoms with E-state index < -0.39 is 11.7 Å². The van der Waals surface area contributed by atoms with Crippen molar-refractivity contribution in [1.29, 1.82) is 0 Å². The summed E-state index contributed by atoms with van der Waals surface area (Å²) in [5, 5.41) is 5.82. The maximum Gasteiger partial charge on any atom is 0.254 e. The van der Waals surface area contributed by atoms with E-state index >= 15 is 0 Å². The predicted octanol–water partition coefficient (Wildman–Crippen LogP) is 2.66. The first-order valence-electron chi connectivity index (χ1n) is 10.1. The van der Waals surface area contributed by atoms with Crippen LogP contribution in [-0.2, 0) is 9.53 Å². The monoisotopic (exact) mass is 374 g/mol. The van der Waals surface area contributed by atoms with Crippen molar-refractivity contribution in [1.82, 2.24) is 10.6 Å². The molecule has 4 atom stereocenters. The second kappa shape index (κ2) is 7.97. The van der Waals surface area contributed by atoms with E-state index in [1.165, 1.54) is 37.8 Å². The quantitative estimate of drug-likeness (QED) is 0.804. The summed E-state index contributed by atoms with van der Waals surface area (Å²) in [5.41, 5.74) is 0.00384. The zero-order chi connectivity index (χ0) is 18.8. The minimum Gasteiger partial charge on any atom is -0.377 e. The molecule has 3 aliphatic rings. The van der Waals surface area contributed by atoms with Crippen LogP contribution >= 0.6 is 0 Å². The minimum atomic E-state index is -0.555. The van der Waals surface area contributed by atoms with Crippen molar-refractivity contribution < 1.29 is 18.7 Å². The van der Waals surface area contributed by atoms with Crippen LogP contribution in [-0.4, -0.2) is 37.1 Å². The van der Waals surface area contributed by atoms with Gasteiger partial charge in [0, 0.05) is 37.5 Å². The molecule has 5 nitrogen and oxygen atoms in total. The molecule has 1 heterocycles. The highest BCUT2D eigenvalue weighted by atomic mass is 19.1. The Morgan fingerprint density at radius 2 is 1.93 bits per heavy atom. The molecule has 0 bridgehead atoms. The zero-order valence-electron chi connectivity index (χ0n) is 15.5. The van der Waals surface area contributed by atoms with Crippen molar-refractivity contribution >= 4 is 11.8 Å². The molecule has 0 spiro atoms. The molecule has 1 saturated heterocycles. The average Bonchev–Trinajstić information content (AvgIpc) is 3.31. The number of rotatable bonds is 6. The summed E-state index contributed by atoms with van der Waals surface area (Å²) in [6.45, 7) is 0.994. The topological polar surface area (TPSA) is 67.4 Å². The first kappa shape index (κ1) is 18.4. The fourth-order valence-electron chi connectivity index (χ4n) is 5.15. The molecule has 0 aromatic heterocycles. The van der Waals surface area contributed by atoms with E-state index in [9.17, 15) is 14.0 Å². The maximum atomic E-state index is 13.6. The molecule has 27 heavy (non-hydrogen) atoms. The van der Waals surface area contributed by atoms with Crippen molar-refractivity contribution in [3.05, 3.63) is 35.6 Å². The van der Waals surface area contributed by atoms with Crippen LogP contribution in [0, 0.1) is 23.6 Å². The SMILES string of the molecule is O=C(CCNC(=O)c1ccccc1F)N[C@H]1[C@@H]2CCO[C@@H]2[C@@H]1C1CCCC1. The van der Waals surface area contributed by atoms with Crippen molar-refractivity contribution in [2.75, 3.05) is 13.2 Å². The third-order valence-corrected chi connectivity index (χ3v) is 6.47. The van der Waals surface area contributed by atoms with Crippen molar-refractivity contribution in [3.8, 4) is 0 Å². The molecule has 2 saturated carbocycles. The zero-order valence-corrected chi connectivity index (χ0v) is 15.5. The number of hydrogen-bond donors (Lipinski definition) is 2. The number of fused-ring (bicyclic) bond motifs is 1. The van der Waals surface area contributed by atoms with Crippen molar-refractivity contribution in [3.63, 3.8) is 0 Å². The maximum absolute atomic E-state index is 13.6.